The van der Waals surface area contributed by atoms with Crippen molar-refractivity contribution in [2.75, 3.05) is 13.1 Å². The number of pyridine rings is 1. The Labute approximate surface area is 124 Å². The predicted octanol–water partition coefficient (Wildman–Crippen LogP) is 3.09. The highest BCUT2D eigenvalue weighted by Gasteiger charge is 2.26. The zero-order chi connectivity index (χ0) is 14.1. The second-order valence-electron chi connectivity index (χ2n) is 5.63. The minimum atomic E-state index is -0.235. The van der Waals surface area contributed by atoms with Gasteiger partial charge in [-0.3, -0.25) is 9.88 Å². The Morgan fingerprint density at radius 1 is 1.45 bits per heavy atom. The molecule has 0 amide bonds. The summed E-state index contributed by atoms with van der Waals surface area (Å²) in [5.41, 5.74) is 2.08. The second kappa shape index (κ2) is 5.68. The molecule has 3 rings (SSSR count). The minimum Gasteiger partial charge on any atom is -0.393 e. The van der Waals surface area contributed by atoms with Crippen LogP contribution in [-0.2, 0) is 6.54 Å². The van der Waals surface area contributed by atoms with E-state index in [1.807, 2.05) is 31.3 Å². The Kier molecular flexibility index (Phi) is 3.92. The molecule has 3 nitrogen and oxygen atoms in total. The molecule has 0 aliphatic carbocycles. The zero-order valence-corrected chi connectivity index (χ0v) is 12.3. The largest absolute Gasteiger partial charge is 0.393 e. The summed E-state index contributed by atoms with van der Waals surface area (Å²) in [5.74, 6) is 0.372. The van der Waals surface area contributed by atoms with Crippen LogP contribution in [0, 0.1) is 5.92 Å². The molecule has 4 heteroatoms. The molecule has 0 radical (unpaired) electrons. The molecule has 1 fully saturated rings. The van der Waals surface area contributed by atoms with Gasteiger partial charge in [0.1, 0.15) is 0 Å². The topological polar surface area (TPSA) is 36.4 Å². The first-order valence-corrected chi connectivity index (χ1v) is 7.45. The van der Waals surface area contributed by atoms with Crippen molar-refractivity contribution < 1.29 is 5.11 Å². The van der Waals surface area contributed by atoms with E-state index in [4.69, 9.17) is 11.6 Å². The highest BCUT2D eigenvalue weighted by atomic mass is 35.5. The normalized spacial score (nSPS) is 21.4. The van der Waals surface area contributed by atoms with Crippen LogP contribution in [0.2, 0.25) is 5.02 Å². The summed E-state index contributed by atoms with van der Waals surface area (Å²) in [6.07, 6.45) is 2.62. The fourth-order valence-corrected chi connectivity index (χ4v) is 3.17. The summed E-state index contributed by atoms with van der Waals surface area (Å²) >= 11 is 6.36. The number of aliphatic hydroxyl groups excluding tert-OH is 1. The summed E-state index contributed by atoms with van der Waals surface area (Å²) in [6, 6.07) is 7.96. The highest BCUT2D eigenvalue weighted by molar-refractivity contribution is 6.32. The van der Waals surface area contributed by atoms with Gasteiger partial charge in [0.2, 0.25) is 0 Å². The van der Waals surface area contributed by atoms with Crippen LogP contribution in [0.15, 0.2) is 30.5 Å². The van der Waals surface area contributed by atoms with Crippen molar-refractivity contribution in [3.63, 3.8) is 0 Å². The lowest BCUT2D eigenvalue weighted by molar-refractivity contribution is 0.127. The van der Waals surface area contributed by atoms with Crippen LogP contribution in [0.4, 0.5) is 0 Å². The van der Waals surface area contributed by atoms with E-state index in [1.165, 1.54) is 0 Å². The summed E-state index contributed by atoms with van der Waals surface area (Å²) < 4.78 is 0. The van der Waals surface area contributed by atoms with Crippen molar-refractivity contribution in [2.45, 2.75) is 26.0 Å². The zero-order valence-electron chi connectivity index (χ0n) is 11.6. The maximum absolute atomic E-state index is 9.70. The Morgan fingerprint density at radius 3 is 3.05 bits per heavy atom. The number of hydrogen-bond acceptors (Lipinski definition) is 3. The van der Waals surface area contributed by atoms with Gasteiger partial charge in [0.25, 0.3) is 0 Å². The van der Waals surface area contributed by atoms with Crippen molar-refractivity contribution in [1.82, 2.24) is 9.88 Å². The molecule has 2 heterocycles. The Hall–Kier alpha value is -1.16. The van der Waals surface area contributed by atoms with Gasteiger partial charge in [0.15, 0.2) is 0 Å². The van der Waals surface area contributed by atoms with Crippen molar-refractivity contribution in [3.8, 4) is 0 Å². The van der Waals surface area contributed by atoms with Gasteiger partial charge >= 0.3 is 0 Å². The van der Waals surface area contributed by atoms with E-state index in [-0.39, 0.29) is 6.10 Å². The number of hydrogen-bond donors (Lipinski definition) is 1. The smallest absolute Gasteiger partial charge is 0.0761 e. The Balaban J connectivity index is 1.86. The number of aliphatic hydroxyl groups is 1. The van der Waals surface area contributed by atoms with Crippen molar-refractivity contribution in [1.29, 1.82) is 0 Å². The second-order valence-corrected chi connectivity index (χ2v) is 6.03. The number of fused-ring (bicyclic) bond motifs is 1. The molecular weight excluding hydrogens is 272 g/mol. The molecule has 1 aromatic carbocycles. The molecule has 1 aromatic heterocycles. The summed E-state index contributed by atoms with van der Waals surface area (Å²) in [6.45, 7) is 4.61. The van der Waals surface area contributed by atoms with Crippen LogP contribution in [0.1, 0.15) is 18.9 Å². The maximum atomic E-state index is 9.70. The fourth-order valence-electron chi connectivity index (χ4n) is 2.96. The summed E-state index contributed by atoms with van der Waals surface area (Å²) in [7, 11) is 0. The maximum Gasteiger partial charge on any atom is 0.0761 e. The molecule has 106 valence electrons. The Morgan fingerprint density at radius 2 is 2.30 bits per heavy atom. The quantitative estimate of drug-likeness (QED) is 0.944. The van der Waals surface area contributed by atoms with Gasteiger partial charge in [0, 0.05) is 35.3 Å². The van der Waals surface area contributed by atoms with Gasteiger partial charge in [-0.05, 0) is 37.9 Å². The first kappa shape index (κ1) is 13.8. The van der Waals surface area contributed by atoms with Crippen LogP contribution in [0.5, 0.6) is 0 Å². The molecule has 20 heavy (non-hydrogen) atoms. The molecule has 1 N–H and O–H groups in total. The first-order chi connectivity index (χ1) is 9.65. The fraction of sp³-hybridized carbons (Fsp3) is 0.438. The number of aromatic nitrogens is 1. The standard InChI is InChI=1S/C16H19ClN2O/c1-11(20)13-6-8-19(9-13)10-14-15(17)5-4-12-3-2-7-18-16(12)14/h2-5,7,11,13,20H,6,8-10H2,1H3. The third-order valence-corrected chi connectivity index (χ3v) is 4.55. The molecule has 1 aliphatic rings. The lowest BCUT2D eigenvalue weighted by Crippen LogP contribution is -2.24. The van der Waals surface area contributed by atoms with Crippen molar-refractivity contribution in [2.24, 2.45) is 5.92 Å². The number of rotatable bonds is 3. The molecular formula is C16H19ClN2O. The van der Waals surface area contributed by atoms with Gasteiger partial charge in [-0.25, -0.2) is 0 Å². The lowest BCUT2D eigenvalue weighted by Gasteiger charge is -2.19. The number of benzene rings is 1. The van der Waals surface area contributed by atoms with E-state index in [1.54, 1.807) is 0 Å². The van der Waals surface area contributed by atoms with Crippen LogP contribution in [0.25, 0.3) is 10.9 Å². The van der Waals surface area contributed by atoms with Crippen LogP contribution in [0.3, 0.4) is 0 Å². The SMILES string of the molecule is CC(O)C1CCN(Cc2c(Cl)ccc3cccnc23)C1. The third-order valence-electron chi connectivity index (χ3n) is 4.20. The summed E-state index contributed by atoms with van der Waals surface area (Å²) in [5, 5.41) is 11.6. The number of likely N-dealkylation sites (tertiary alicyclic amines) is 1. The van der Waals surface area contributed by atoms with E-state index in [0.717, 1.165) is 47.5 Å². The molecule has 0 bridgehead atoms. The minimum absolute atomic E-state index is 0.235. The highest BCUT2D eigenvalue weighted by Crippen LogP contribution is 2.28. The molecule has 2 aromatic rings. The molecule has 1 saturated heterocycles. The number of halogens is 1. The van der Waals surface area contributed by atoms with Gasteiger partial charge in [-0.2, -0.15) is 0 Å². The average molecular weight is 291 g/mol. The molecule has 0 spiro atoms. The van der Waals surface area contributed by atoms with E-state index < -0.39 is 0 Å². The Bertz CT molecular complexity index is 614. The summed E-state index contributed by atoms with van der Waals surface area (Å²) in [4.78, 5) is 6.83. The van der Waals surface area contributed by atoms with Crippen molar-refractivity contribution >= 4 is 22.5 Å². The monoisotopic (exact) mass is 290 g/mol. The van der Waals surface area contributed by atoms with E-state index in [0.29, 0.717) is 5.92 Å². The van der Waals surface area contributed by atoms with E-state index in [9.17, 15) is 5.11 Å². The number of nitrogens with zero attached hydrogens (tertiary/aromatic N) is 2. The first-order valence-electron chi connectivity index (χ1n) is 7.07. The lowest BCUT2D eigenvalue weighted by atomic mass is 10.0. The van der Waals surface area contributed by atoms with Crippen LogP contribution < -0.4 is 0 Å². The molecule has 1 aliphatic heterocycles. The van der Waals surface area contributed by atoms with Crippen LogP contribution in [-0.4, -0.2) is 34.2 Å². The van der Waals surface area contributed by atoms with Gasteiger partial charge in [0.05, 0.1) is 11.6 Å². The van der Waals surface area contributed by atoms with Crippen LogP contribution >= 0.6 is 11.6 Å². The van der Waals surface area contributed by atoms with Crippen molar-refractivity contribution in [3.05, 3.63) is 41.0 Å². The van der Waals surface area contributed by atoms with Gasteiger partial charge in [-0.15, -0.1) is 0 Å². The van der Waals surface area contributed by atoms with Gasteiger partial charge < -0.3 is 5.11 Å². The third kappa shape index (κ3) is 2.66. The van der Waals surface area contributed by atoms with Gasteiger partial charge in [-0.1, -0.05) is 23.7 Å². The predicted molar refractivity (Wildman–Crippen MR) is 81.8 cm³/mol. The van der Waals surface area contributed by atoms with E-state index in [2.05, 4.69) is 16.0 Å². The molecule has 0 saturated carbocycles. The van der Waals surface area contributed by atoms with E-state index >= 15 is 0 Å². The average Bonchev–Trinajstić information content (AvgIpc) is 2.91. The molecule has 2 atom stereocenters. The molecule has 2 unspecified atom stereocenters.